The molecule has 0 saturated heterocycles. The molecule has 0 aliphatic heterocycles. The lowest BCUT2D eigenvalue weighted by molar-refractivity contribution is 0.383. The molecule has 1 fully saturated rings. The number of nitrogens with one attached hydrogen (secondary N) is 1. The first-order chi connectivity index (χ1) is 9.65. The molecule has 1 aliphatic carbocycles. The Hall–Kier alpha value is -1.75. The maximum atomic E-state index is 13.8. The van der Waals surface area contributed by atoms with Gasteiger partial charge in [0.25, 0.3) is 0 Å². The Morgan fingerprint density at radius 1 is 1.25 bits per heavy atom. The Morgan fingerprint density at radius 2 is 2.10 bits per heavy atom. The third-order valence-electron chi connectivity index (χ3n) is 3.94. The van der Waals surface area contributed by atoms with E-state index < -0.39 is 11.6 Å². The molecule has 1 aliphatic rings. The van der Waals surface area contributed by atoms with E-state index in [0.717, 1.165) is 37.6 Å². The van der Waals surface area contributed by atoms with Crippen LogP contribution < -0.4 is 5.73 Å². The summed E-state index contributed by atoms with van der Waals surface area (Å²) in [5.41, 5.74) is 6.70. The number of nitrogens with two attached hydrogens (primary N) is 1. The summed E-state index contributed by atoms with van der Waals surface area (Å²) in [5.74, 6) is -0.593. The van der Waals surface area contributed by atoms with Crippen molar-refractivity contribution >= 4 is 0 Å². The summed E-state index contributed by atoms with van der Waals surface area (Å²) in [6.45, 7) is 0. The molecule has 3 nitrogen and oxygen atoms in total. The Bertz CT molecular complexity index is 609. The van der Waals surface area contributed by atoms with Crippen LogP contribution in [-0.2, 0) is 0 Å². The Labute approximate surface area is 116 Å². The second-order valence-corrected chi connectivity index (χ2v) is 5.41. The predicted molar refractivity (Wildman–Crippen MR) is 73.1 cm³/mol. The highest BCUT2D eigenvalue weighted by molar-refractivity contribution is 5.59. The van der Waals surface area contributed by atoms with Crippen molar-refractivity contribution in [1.29, 1.82) is 0 Å². The van der Waals surface area contributed by atoms with Gasteiger partial charge in [0, 0.05) is 17.5 Å². The normalized spacial score (nSPS) is 22.9. The predicted octanol–water partition coefficient (Wildman–Crippen LogP) is 3.34. The van der Waals surface area contributed by atoms with Crippen LogP contribution in [0.4, 0.5) is 8.78 Å². The van der Waals surface area contributed by atoms with Crippen LogP contribution in [0.5, 0.6) is 0 Å². The minimum absolute atomic E-state index is 0.202. The summed E-state index contributed by atoms with van der Waals surface area (Å²) in [6.07, 6.45) is 5.61. The molecule has 5 heteroatoms. The lowest BCUT2D eigenvalue weighted by atomic mass is 9.86. The van der Waals surface area contributed by atoms with Crippen molar-refractivity contribution in [3.05, 3.63) is 41.9 Å². The number of nitrogens with zero attached hydrogens (tertiary/aromatic N) is 1. The number of aromatic amines is 1. The van der Waals surface area contributed by atoms with Gasteiger partial charge in [0.1, 0.15) is 5.82 Å². The van der Waals surface area contributed by atoms with Gasteiger partial charge in [-0.2, -0.15) is 0 Å². The maximum Gasteiger partial charge on any atom is 0.168 e. The Balaban J connectivity index is 1.88. The van der Waals surface area contributed by atoms with Gasteiger partial charge in [0.05, 0.1) is 11.9 Å². The van der Waals surface area contributed by atoms with E-state index >= 15 is 0 Å². The van der Waals surface area contributed by atoms with Gasteiger partial charge >= 0.3 is 0 Å². The van der Waals surface area contributed by atoms with Gasteiger partial charge in [-0.3, -0.25) is 0 Å². The molecule has 0 amide bonds. The van der Waals surface area contributed by atoms with Crippen molar-refractivity contribution in [3.63, 3.8) is 0 Å². The van der Waals surface area contributed by atoms with E-state index in [4.69, 9.17) is 5.73 Å². The highest BCUT2D eigenvalue weighted by Crippen LogP contribution is 2.32. The molecule has 106 valence electrons. The van der Waals surface area contributed by atoms with Crippen LogP contribution in [0.3, 0.4) is 0 Å². The molecule has 2 aromatic rings. The lowest BCUT2D eigenvalue weighted by Crippen LogP contribution is -2.27. The molecule has 2 unspecified atom stereocenters. The molecule has 3 N–H and O–H groups in total. The van der Waals surface area contributed by atoms with Gasteiger partial charge in [0.2, 0.25) is 0 Å². The average molecular weight is 277 g/mol. The van der Waals surface area contributed by atoms with Crippen LogP contribution in [0.2, 0.25) is 0 Å². The van der Waals surface area contributed by atoms with E-state index in [1.54, 1.807) is 12.3 Å². The zero-order chi connectivity index (χ0) is 14.1. The molecular weight excluding hydrogens is 260 g/mol. The van der Waals surface area contributed by atoms with E-state index in [1.165, 1.54) is 6.07 Å². The summed E-state index contributed by atoms with van der Waals surface area (Å²) in [7, 11) is 0. The fourth-order valence-electron chi connectivity index (χ4n) is 2.87. The van der Waals surface area contributed by atoms with E-state index in [-0.39, 0.29) is 17.5 Å². The standard InChI is InChI=1S/C15H17F2N3/c16-12-6-2-5-11(14(12)17)13-8-19-15(20-13)9-3-1-4-10(18)7-9/h2,5-6,8-10H,1,3-4,7,18H2,(H,19,20). The minimum atomic E-state index is -0.849. The Morgan fingerprint density at radius 3 is 2.90 bits per heavy atom. The molecule has 1 aromatic carbocycles. The second-order valence-electron chi connectivity index (χ2n) is 5.41. The monoisotopic (exact) mass is 277 g/mol. The van der Waals surface area contributed by atoms with Crippen LogP contribution in [0.25, 0.3) is 11.3 Å². The van der Waals surface area contributed by atoms with Crippen molar-refractivity contribution in [2.45, 2.75) is 37.6 Å². The smallest absolute Gasteiger partial charge is 0.168 e. The van der Waals surface area contributed by atoms with Crippen molar-refractivity contribution < 1.29 is 8.78 Å². The van der Waals surface area contributed by atoms with Crippen LogP contribution in [0, 0.1) is 11.6 Å². The highest BCUT2D eigenvalue weighted by Gasteiger charge is 2.23. The molecule has 1 aromatic heterocycles. The summed E-state index contributed by atoms with van der Waals surface area (Å²) in [6, 6.07) is 4.34. The summed E-state index contributed by atoms with van der Waals surface area (Å²) >= 11 is 0. The topological polar surface area (TPSA) is 54.7 Å². The van der Waals surface area contributed by atoms with Crippen molar-refractivity contribution in [2.24, 2.45) is 5.73 Å². The quantitative estimate of drug-likeness (QED) is 0.884. The molecule has 0 spiro atoms. The molecule has 1 heterocycles. The molecule has 20 heavy (non-hydrogen) atoms. The maximum absolute atomic E-state index is 13.8. The van der Waals surface area contributed by atoms with E-state index in [9.17, 15) is 8.78 Å². The summed E-state index contributed by atoms with van der Waals surface area (Å²) < 4.78 is 27.0. The third kappa shape index (κ3) is 2.45. The van der Waals surface area contributed by atoms with Crippen molar-refractivity contribution in [2.75, 3.05) is 0 Å². The molecule has 0 bridgehead atoms. The van der Waals surface area contributed by atoms with Crippen molar-refractivity contribution in [1.82, 2.24) is 9.97 Å². The Kier molecular flexibility index (Phi) is 3.53. The van der Waals surface area contributed by atoms with Crippen LogP contribution >= 0.6 is 0 Å². The largest absolute Gasteiger partial charge is 0.342 e. The third-order valence-corrected chi connectivity index (χ3v) is 3.94. The number of benzene rings is 1. The molecule has 3 rings (SSSR count). The average Bonchev–Trinajstić information content (AvgIpc) is 2.91. The van der Waals surface area contributed by atoms with Gasteiger partial charge < -0.3 is 10.7 Å². The lowest BCUT2D eigenvalue weighted by Gasteiger charge is -2.24. The van der Waals surface area contributed by atoms with Gasteiger partial charge in [-0.25, -0.2) is 13.8 Å². The second kappa shape index (κ2) is 5.32. The van der Waals surface area contributed by atoms with E-state index in [2.05, 4.69) is 9.97 Å². The van der Waals surface area contributed by atoms with E-state index in [1.807, 2.05) is 0 Å². The number of hydrogen-bond donors (Lipinski definition) is 2. The number of hydrogen-bond acceptors (Lipinski definition) is 2. The highest BCUT2D eigenvalue weighted by atomic mass is 19.2. The van der Waals surface area contributed by atoms with Gasteiger partial charge in [-0.05, 0) is 31.4 Å². The van der Waals surface area contributed by atoms with Crippen LogP contribution in [-0.4, -0.2) is 16.0 Å². The fraction of sp³-hybridized carbons (Fsp3) is 0.400. The van der Waals surface area contributed by atoms with Crippen LogP contribution in [0.15, 0.2) is 24.4 Å². The minimum Gasteiger partial charge on any atom is -0.342 e. The summed E-state index contributed by atoms with van der Waals surface area (Å²) in [5, 5.41) is 0. The first-order valence-electron chi connectivity index (χ1n) is 6.90. The molecular formula is C15H17F2N3. The van der Waals surface area contributed by atoms with Gasteiger partial charge in [-0.1, -0.05) is 12.5 Å². The first kappa shape index (κ1) is 13.2. The van der Waals surface area contributed by atoms with Gasteiger partial charge in [-0.15, -0.1) is 0 Å². The van der Waals surface area contributed by atoms with E-state index in [0.29, 0.717) is 5.69 Å². The summed E-state index contributed by atoms with van der Waals surface area (Å²) in [4.78, 5) is 7.44. The number of imidazole rings is 1. The zero-order valence-corrected chi connectivity index (χ0v) is 11.1. The number of H-pyrrole nitrogens is 1. The van der Waals surface area contributed by atoms with Gasteiger partial charge in [0.15, 0.2) is 11.6 Å². The van der Waals surface area contributed by atoms with Crippen LogP contribution in [0.1, 0.15) is 37.4 Å². The number of aromatic nitrogens is 2. The fourth-order valence-corrected chi connectivity index (χ4v) is 2.87. The molecule has 1 saturated carbocycles. The molecule has 0 radical (unpaired) electrons. The SMILES string of the molecule is NC1CCCC(c2ncc(-c3cccc(F)c3F)[nH]2)C1. The van der Waals surface area contributed by atoms with Crippen molar-refractivity contribution in [3.8, 4) is 11.3 Å². The molecule has 2 atom stereocenters. The zero-order valence-electron chi connectivity index (χ0n) is 11.1. The number of halogens is 2. The first-order valence-corrected chi connectivity index (χ1v) is 6.90. The number of rotatable bonds is 2.